The van der Waals surface area contributed by atoms with Crippen molar-refractivity contribution in [2.75, 3.05) is 7.11 Å². The lowest BCUT2D eigenvalue weighted by molar-refractivity contribution is 0.103. The number of ketones is 1. The van der Waals surface area contributed by atoms with Crippen molar-refractivity contribution in [1.82, 2.24) is 14.6 Å². The molecule has 2 aromatic heterocycles. The summed E-state index contributed by atoms with van der Waals surface area (Å²) in [6.07, 6.45) is 6.20. The number of methoxy groups -OCH3 is 1. The van der Waals surface area contributed by atoms with Gasteiger partial charge < -0.3 is 4.74 Å². The van der Waals surface area contributed by atoms with Gasteiger partial charge in [-0.25, -0.2) is 8.91 Å². The second-order valence-corrected chi connectivity index (χ2v) is 4.14. The van der Waals surface area contributed by atoms with Crippen molar-refractivity contribution in [3.8, 4) is 5.75 Å². The van der Waals surface area contributed by atoms with Crippen molar-refractivity contribution in [3.63, 3.8) is 0 Å². The third-order valence-electron chi connectivity index (χ3n) is 2.98. The van der Waals surface area contributed by atoms with Crippen molar-refractivity contribution in [1.29, 1.82) is 0 Å². The molecule has 2 heterocycles. The standard InChI is InChI=1S/C14H10FN3O2/c1-20-13-3-2-9(6-11(13)15)14(19)10-7-17-18-5-4-16-8-12(10)18/h2-8H,1H3. The van der Waals surface area contributed by atoms with E-state index in [-0.39, 0.29) is 17.1 Å². The second-order valence-electron chi connectivity index (χ2n) is 4.14. The van der Waals surface area contributed by atoms with Crippen LogP contribution in [0.3, 0.4) is 0 Å². The zero-order chi connectivity index (χ0) is 14.1. The third-order valence-corrected chi connectivity index (χ3v) is 2.98. The van der Waals surface area contributed by atoms with Crippen LogP contribution in [0.2, 0.25) is 0 Å². The molecule has 0 bridgehead atoms. The van der Waals surface area contributed by atoms with E-state index in [4.69, 9.17) is 4.74 Å². The van der Waals surface area contributed by atoms with Gasteiger partial charge in [-0.1, -0.05) is 0 Å². The van der Waals surface area contributed by atoms with Gasteiger partial charge in [0.25, 0.3) is 0 Å². The molecule has 0 saturated heterocycles. The first-order valence-electron chi connectivity index (χ1n) is 5.86. The fourth-order valence-electron chi connectivity index (χ4n) is 1.97. The first-order chi connectivity index (χ1) is 9.70. The van der Waals surface area contributed by atoms with E-state index >= 15 is 0 Å². The predicted molar refractivity (Wildman–Crippen MR) is 69.4 cm³/mol. The Morgan fingerprint density at radius 3 is 2.95 bits per heavy atom. The summed E-state index contributed by atoms with van der Waals surface area (Å²) in [6, 6.07) is 4.09. The highest BCUT2D eigenvalue weighted by Gasteiger charge is 2.16. The molecule has 6 heteroatoms. The van der Waals surface area contributed by atoms with Crippen LogP contribution in [-0.4, -0.2) is 27.5 Å². The quantitative estimate of drug-likeness (QED) is 0.685. The number of ether oxygens (including phenoxy) is 1. The fourth-order valence-corrected chi connectivity index (χ4v) is 1.97. The molecular formula is C14H10FN3O2. The molecule has 100 valence electrons. The lowest BCUT2D eigenvalue weighted by Crippen LogP contribution is -2.02. The number of halogens is 1. The maximum absolute atomic E-state index is 13.7. The van der Waals surface area contributed by atoms with Crippen molar-refractivity contribution < 1.29 is 13.9 Å². The molecule has 0 atom stereocenters. The molecule has 0 aliphatic rings. The molecule has 0 radical (unpaired) electrons. The topological polar surface area (TPSA) is 56.5 Å². The van der Waals surface area contributed by atoms with Crippen molar-refractivity contribution in [3.05, 3.63) is 59.9 Å². The van der Waals surface area contributed by atoms with Gasteiger partial charge >= 0.3 is 0 Å². The van der Waals surface area contributed by atoms with Crippen LogP contribution < -0.4 is 4.74 Å². The molecule has 0 fully saturated rings. The summed E-state index contributed by atoms with van der Waals surface area (Å²) in [4.78, 5) is 16.3. The minimum atomic E-state index is -0.576. The SMILES string of the molecule is COc1ccc(C(=O)c2cnn3ccncc23)cc1F. The molecule has 0 N–H and O–H groups in total. The van der Waals surface area contributed by atoms with Gasteiger partial charge in [0.05, 0.1) is 30.6 Å². The van der Waals surface area contributed by atoms with Crippen LogP contribution >= 0.6 is 0 Å². The highest BCUT2D eigenvalue weighted by Crippen LogP contribution is 2.21. The Bertz CT molecular complexity index is 798. The number of carbonyl (C=O) groups is 1. The molecule has 1 aromatic carbocycles. The fraction of sp³-hybridized carbons (Fsp3) is 0.0714. The maximum atomic E-state index is 13.7. The summed E-state index contributed by atoms with van der Waals surface area (Å²) in [6.45, 7) is 0. The second kappa shape index (κ2) is 4.73. The molecule has 0 aliphatic carbocycles. The Morgan fingerprint density at radius 1 is 1.35 bits per heavy atom. The van der Waals surface area contributed by atoms with Crippen molar-refractivity contribution >= 4 is 11.3 Å². The van der Waals surface area contributed by atoms with E-state index in [2.05, 4.69) is 10.1 Å². The first-order valence-corrected chi connectivity index (χ1v) is 5.86. The summed E-state index contributed by atoms with van der Waals surface area (Å²) < 4.78 is 20.0. The van der Waals surface area contributed by atoms with Crippen molar-refractivity contribution in [2.45, 2.75) is 0 Å². The lowest BCUT2D eigenvalue weighted by atomic mass is 10.0. The number of fused-ring (bicyclic) bond motifs is 1. The zero-order valence-electron chi connectivity index (χ0n) is 10.6. The average molecular weight is 271 g/mol. The Balaban J connectivity index is 2.06. The molecule has 0 saturated carbocycles. The number of nitrogens with zero attached hydrogens (tertiary/aromatic N) is 3. The molecule has 0 amide bonds. The number of aromatic nitrogens is 3. The summed E-state index contributed by atoms with van der Waals surface area (Å²) >= 11 is 0. The summed E-state index contributed by atoms with van der Waals surface area (Å²) in [7, 11) is 1.37. The van der Waals surface area contributed by atoms with Gasteiger partial charge in [0, 0.05) is 18.0 Å². The average Bonchev–Trinajstić information content (AvgIpc) is 2.90. The number of hydrogen-bond acceptors (Lipinski definition) is 4. The van der Waals surface area contributed by atoms with Crippen LogP contribution in [0.15, 0.2) is 43.0 Å². The van der Waals surface area contributed by atoms with E-state index in [1.54, 1.807) is 23.1 Å². The van der Waals surface area contributed by atoms with Gasteiger partial charge in [0.15, 0.2) is 17.3 Å². The van der Waals surface area contributed by atoms with Gasteiger partial charge in [-0.15, -0.1) is 0 Å². The van der Waals surface area contributed by atoms with E-state index in [1.807, 2.05) is 0 Å². The lowest BCUT2D eigenvalue weighted by Gasteiger charge is -2.04. The highest BCUT2D eigenvalue weighted by molar-refractivity contribution is 6.12. The van der Waals surface area contributed by atoms with Crippen LogP contribution in [0.5, 0.6) is 5.75 Å². The van der Waals surface area contributed by atoms with E-state index in [0.717, 1.165) is 6.07 Å². The van der Waals surface area contributed by atoms with Crippen molar-refractivity contribution in [2.24, 2.45) is 0 Å². The molecule has 20 heavy (non-hydrogen) atoms. The molecule has 3 rings (SSSR count). The zero-order valence-corrected chi connectivity index (χ0v) is 10.6. The smallest absolute Gasteiger partial charge is 0.196 e. The van der Waals surface area contributed by atoms with E-state index in [9.17, 15) is 9.18 Å². The molecule has 5 nitrogen and oxygen atoms in total. The van der Waals surface area contributed by atoms with Crippen LogP contribution in [0.4, 0.5) is 4.39 Å². The van der Waals surface area contributed by atoms with Crippen LogP contribution in [-0.2, 0) is 0 Å². The number of benzene rings is 1. The third kappa shape index (κ3) is 1.91. The van der Waals surface area contributed by atoms with Gasteiger partial charge in [0.1, 0.15) is 0 Å². The summed E-state index contributed by atoms with van der Waals surface area (Å²) in [5.41, 5.74) is 1.19. The van der Waals surface area contributed by atoms with Gasteiger partial charge in [-0.3, -0.25) is 9.78 Å². The molecule has 0 unspecified atom stereocenters. The van der Waals surface area contributed by atoms with E-state index in [1.165, 1.54) is 25.4 Å². The van der Waals surface area contributed by atoms with Gasteiger partial charge in [0.2, 0.25) is 0 Å². The molecular weight excluding hydrogens is 261 g/mol. The van der Waals surface area contributed by atoms with E-state index in [0.29, 0.717) is 11.1 Å². The Hall–Kier alpha value is -2.76. The summed E-state index contributed by atoms with van der Waals surface area (Å²) in [5, 5.41) is 4.06. The van der Waals surface area contributed by atoms with Crippen LogP contribution in [0.1, 0.15) is 15.9 Å². The monoisotopic (exact) mass is 271 g/mol. The largest absolute Gasteiger partial charge is 0.494 e. The van der Waals surface area contributed by atoms with Gasteiger partial charge in [-0.05, 0) is 18.2 Å². The normalized spacial score (nSPS) is 10.7. The van der Waals surface area contributed by atoms with Crippen LogP contribution in [0.25, 0.3) is 5.52 Å². The van der Waals surface area contributed by atoms with E-state index < -0.39 is 5.82 Å². The molecule has 0 aliphatic heterocycles. The maximum Gasteiger partial charge on any atom is 0.196 e. The first kappa shape index (κ1) is 12.3. The number of carbonyl (C=O) groups excluding carboxylic acids is 1. The Kier molecular flexibility index (Phi) is 2.90. The minimum Gasteiger partial charge on any atom is -0.494 e. The Morgan fingerprint density at radius 2 is 2.20 bits per heavy atom. The Labute approximate surface area is 113 Å². The highest BCUT2D eigenvalue weighted by atomic mass is 19.1. The van der Waals surface area contributed by atoms with Gasteiger partial charge in [-0.2, -0.15) is 5.10 Å². The molecule has 3 aromatic rings. The predicted octanol–water partition coefficient (Wildman–Crippen LogP) is 2.11. The van der Waals surface area contributed by atoms with Crippen LogP contribution in [0, 0.1) is 5.82 Å². The minimum absolute atomic E-state index is 0.100. The number of hydrogen-bond donors (Lipinski definition) is 0. The summed E-state index contributed by atoms with van der Waals surface area (Å²) in [5.74, 6) is -0.786. The number of rotatable bonds is 3. The molecule has 0 spiro atoms.